The first-order valence-corrected chi connectivity index (χ1v) is 6.42. The maximum absolute atomic E-state index is 11.9. The van der Waals surface area contributed by atoms with Crippen molar-refractivity contribution in [1.82, 2.24) is 5.32 Å². The van der Waals surface area contributed by atoms with E-state index in [4.69, 9.17) is 19.7 Å². The average molecular weight is 297 g/mol. The molecule has 116 valence electrons. The van der Waals surface area contributed by atoms with Crippen molar-refractivity contribution in [1.29, 1.82) is 0 Å². The SMILES string of the molecule is COc1ccc(OC(C)C(=O)N[C@H](CCO)C(=O)O)cc1. The number of benzene rings is 1. The number of hydrogen-bond acceptors (Lipinski definition) is 5. The molecule has 0 heterocycles. The molecule has 0 aliphatic carbocycles. The highest BCUT2D eigenvalue weighted by Crippen LogP contribution is 2.18. The maximum Gasteiger partial charge on any atom is 0.326 e. The van der Waals surface area contributed by atoms with Crippen molar-refractivity contribution in [2.75, 3.05) is 13.7 Å². The first-order valence-electron chi connectivity index (χ1n) is 6.42. The number of aliphatic carboxylic acids is 1. The standard InChI is InChI=1S/C14H19NO6/c1-9(13(17)15-12(7-8-16)14(18)19)21-11-5-3-10(20-2)4-6-11/h3-6,9,12,16H,7-8H2,1-2H3,(H,15,17)(H,18,19)/t9?,12-/m1/s1. The number of ether oxygens (including phenoxy) is 2. The van der Waals surface area contributed by atoms with Gasteiger partial charge in [0.1, 0.15) is 17.5 Å². The Bertz CT molecular complexity index is 473. The van der Waals surface area contributed by atoms with Crippen LogP contribution in [0.25, 0.3) is 0 Å². The lowest BCUT2D eigenvalue weighted by Crippen LogP contribution is -2.46. The summed E-state index contributed by atoms with van der Waals surface area (Å²) in [6.45, 7) is 1.18. The molecule has 1 amide bonds. The maximum atomic E-state index is 11.9. The molecule has 2 atom stereocenters. The number of carbonyl (C=O) groups is 2. The lowest BCUT2D eigenvalue weighted by atomic mass is 10.2. The largest absolute Gasteiger partial charge is 0.497 e. The van der Waals surface area contributed by atoms with Gasteiger partial charge in [0.2, 0.25) is 0 Å². The van der Waals surface area contributed by atoms with E-state index in [9.17, 15) is 9.59 Å². The van der Waals surface area contributed by atoms with E-state index in [1.54, 1.807) is 31.4 Å². The van der Waals surface area contributed by atoms with Gasteiger partial charge in [0.15, 0.2) is 6.10 Å². The molecule has 1 aromatic carbocycles. The third-order valence-electron chi connectivity index (χ3n) is 2.77. The lowest BCUT2D eigenvalue weighted by Gasteiger charge is -2.18. The smallest absolute Gasteiger partial charge is 0.326 e. The van der Waals surface area contributed by atoms with Crippen molar-refractivity contribution >= 4 is 11.9 Å². The molecule has 0 radical (unpaired) electrons. The fraction of sp³-hybridized carbons (Fsp3) is 0.429. The fourth-order valence-electron chi connectivity index (χ4n) is 1.59. The Morgan fingerprint density at radius 1 is 1.24 bits per heavy atom. The highest BCUT2D eigenvalue weighted by Gasteiger charge is 2.23. The summed E-state index contributed by atoms with van der Waals surface area (Å²) >= 11 is 0. The van der Waals surface area contributed by atoms with Gasteiger partial charge in [-0.05, 0) is 31.2 Å². The number of rotatable bonds is 8. The number of nitrogens with one attached hydrogen (secondary N) is 1. The molecule has 0 aliphatic rings. The minimum atomic E-state index is -1.20. The van der Waals surface area contributed by atoms with E-state index in [2.05, 4.69) is 5.32 Å². The van der Waals surface area contributed by atoms with Crippen molar-refractivity contribution < 1.29 is 29.3 Å². The summed E-state index contributed by atoms with van der Waals surface area (Å²) in [5, 5.41) is 20.0. The number of methoxy groups -OCH3 is 1. The minimum absolute atomic E-state index is 0.0592. The molecule has 0 bridgehead atoms. The Kier molecular flexibility index (Phi) is 6.48. The second kappa shape index (κ2) is 8.11. The van der Waals surface area contributed by atoms with Gasteiger partial charge in [-0.2, -0.15) is 0 Å². The monoisotopic (exact) mass is 297 g/mol. The lowest BCUT2D eigenvalue weighted by molar-refractivity contribution is -0.143. The number of carboxylic acid groups (broad SMARTS) is 1. The number of hydrogen-bond donors (Lipinski definition) is 3. The molecule has 0 aliphatic heterocycles. The van der Waals surface area contributed by atoms with E-state index in [1.807, 2.05) is 0 Å². The van der Waals surface area contributed by atoms with E-state index in [0.29, 0.717) is 11.5 Å². The topological polar surface area (TPSA) is 105 Å². The second-order valence-corrected chi connectivity index (χ2v) is 4.35. The van der Waals surface area contributed by atoms with E-state index < -0.39 is 24.0 Å². The predicted molar refractivity (Wildman–Crippen MR) is 74.4 cm³/mol. The number of aliphatic hydroxyl groups excluding tert-OH is 1. The molecule has 0 saturated carbocycles. The predicted octanol–water partition coefficient (Wildman–Crippen LogP) is 0.414. The first-order chi connectivity index (χ1) is 9.97. The van der Waals surface area contributed by atoms with Gasteiger partial charge in [-0.15, -0.1) is 0 Å². The normalized spacial score (nSPS) is 13.1. The van der Waals surface area contributed by atoms with Gasteiger partial charge < -0.3 is 25.0 Å². The zero-order chi connectivity index (χ0) is 15.8. The van der Waals surface area contributed by atoms with Crippen LogP contribution in [0, 0.1) is 0 Å². The van der Waals surface area contributed by atoms with Crippen LogP contribution in [-0.2, 0) is 9.59 Å². The van der Waals surface area contributed by atoms with Gasteiger partial charge in [-0.1, -0.05) is 0 Å². The Morgan fingerprint density at radius 3 is 2.29 bits per heavy atom. The highest BCUT2D eigenvalue weighted by atomic mass is 16.5. The minimum Gasteiger partial charge on any atom is -0.497 e. The zero-order valence-corrected chi connectivity index (χ0v) is 11.9. The summed E-state index contributed by atoms with van der Waals surface area (Å²) in [6, 6.07) is 5.53. The Labute approximate surface area is 122 Å². The van der Waals surface area contributed by atoms with Crippen LogP contribution in [0.5, 0.6) is 11.5 Å². The van der Waals surface area contributed by atoms with Crippen LogP contribution in [0.2, 0.25) is 0 Å². The Hall–Kier alpha value is -2.28. The fourth-order valence-corrected chi connectivity index (χ4v) is 1.59. The molecule has 1 aromatic rings. The van der Waals surface area contributed by atoms with Crippen molar-refractivity contribution in [3.8, 4) is 11.5 Å². The van der Waals surface area contributed by atoms with E-state index in [-0.39, 0.29) is 13.0 Å². The molecule has 0 saturated heterocycles. The van der Waals surface area contributed by atoms with Crippen LogP contribution in [0.4, 0.5) is 0 Å². The van der Waals surface area contributed by atoms with Crippen LogP contribution < -0.4 is 14.8 Å². The molecular formula is C14H19NO6. The molecule has 7 nitrogen and oxygen atoms in total. The van der Waals surface area contributed by atoms with Gasteiger partial charge in [0.25, 0.3) is 5.91 Å². The van der Waals surface area contributed by atoms with Crippen molar-refractivity contribution in [3.05, 3.63) is 24.3 Å². The molecule has 1 unspecified atom stereocenters. The molecule has 7 heteroatoms. The van der Waals surface area contributed by atoms with Crippen LogP contribution in [0.1, 0.15) is 13.3 Å². The zero-order valence-electron chi connectivity index (χ0n) is 11.9. The van der Waals surface area contributed by atoms with E-state index in [1.165, 1.54) is 6.92 Å². The number of carboxylic acids is 1. The summed E-state index contributed by atoms with van der Waals surface area (Å²) in [5.74, 6) is -0.637. The third-order valence-corrected chi connectivity index (χ3v) is 2.77. The van der Waals surface area contributed by atoms with Crippen LogP contribution in [-0.4, -0.2) is 48.0 Å². The molecule has 21 heavy (non-hydrogen) atoms. The summed E-state index contributed by atoms with van der Waals surface area (Å²) in [4.78, 5) is 22.8. The van der Waals surface area contributed by atoms with E-state index in [0.717, 1.165) is 0 Å². The molecular weight excluding hydrogens is 278 g/mol. The average Bonchev–Trinajstić information content (AvgIpc) is 2.47. The molecule has 0 fully saturated rings. The summed E-state index contributed by atoms with van der Waals surface area (Å²) < 4.78 is 10.4. The molecule has 3 N–H and O–H groups in total. The van der Waals surface area contributed by atoms with Crippen molar-refractivity contribution in [2.24, 2.45) is 0 Å². The molecule has 1 rings (SSSR count). The van der Waals surface area contributed by atoms with Crippen LogP contribution in [0.15, 0.2) is 24.3 Å². The van der Waals surface area contributed by atoms with Gasteiger partial charge >= 0.3 is 5.97 Å². The van der Waals surface area contributed by atoms with Crippen molar-refractivity contribution in [3.63, 3.8) is 0 Å². The highest BCUT2D eigenvalue weighted by molar-refractivity contribution is 5.86. The van der Waals surface area contributed by atoms with E-state index >= 15 is 0 Å². The van der Waals surface area contributed by atoms with Gasteiger partial charge in [0, 0.05) is 13.0 Å². The third kappa shape index (κ3) is 5.31. The summed E-state index contributed by atoms with van der Waals surface area (Å²) in [6.07, 6.45) is -0.921. The van der Waals surface area contributed by atoms with Crippen LogP contribution >= 0.6 is 0 Å². The Balaban J connectivity index is 2.58. The second-order valence-electron chi connectivity index (χ2n) is 4.35. The Morgan fingerprint density at radius 2 is 1.81 bits per heavy atom. The number of aliphatic hydroxyl groups is 1. The first kappa shape index (κ1) is 16.8. The number of amides is 1. The van der Waals surface area contributed by atoms with Gasteiger partial charge in [0.05, 0.1) is 7.11 Å². The van der Waals surface area contributed by atoms with Gasteiger partial charge in [-0.25, -0.2) is 4.79 Å². The van der Waals surface area contributed by atoms with Crippen LogP contribution in [0.3, 0.4) is 0 Å². The molecule has 0 aromatic heterocycles. The molecule has 0 spiro atoms. The number of carbonyl (C=O) groups excluding carboxylic acids is 1. The van der Waals surface area contributed by atoms with Crippen molar-refractivity contribution in [2.45, 2.75) is 25.5 Å². The summed E-state index contributed by atoms with van der Waals surface area (Å²) in [5.41, 5.74) is 0. The van der Waals surface area contributed by atoms with Gasteiger partial charge in [-0.3, -0.25) is 4.79 Å². The summed E-state index contributed by atoms with van der Waals surface area (Å²) in [7, 11) is 1.54. The quantitative estimate of drug-likeness (QED) is 0.642.